The van der Waals surface area contributed by atoms with Crippen LogP contribution in [0.5, 0.6) is 0 Å². The molecule has 4 heteroatoms. The van der Waals surface area contributed by atoms with Crippen LogP contribution in [0, 0.1) is 5.82 Å². The summed E-state index contributed by atoms with van der Waals surface area (Å²) in [6.07, 6.45) is 0. The molecule has 0 saturated carbocycles. The summed E-state index contributed by atoms with van der Waals surface area (Å²) >= 11 is 14.8. The number of rotatable bonds is 1. The second-order valence-electron chi connectivity index (χ2n) is 2.37. The summed E-state index contributed by atoms with van der Waals surface area (Å²) < 4.78 is 12.9. The molecular weight excluding hydrogens is 266 g/mol. The Balaban J connectivity index is 3.33. The smallest absolute Gasteiger partial charge is 0.142 e. The molecule has 0 aliphatic rings. The predicted molar refractivity (Wildman–Crippen MR) is 53.8 cm³/mol. The molecule has 1 aromatic rings. The second kappa shape index (κ2) is 3.95. The van der Waals surface area contributed by atoms with Crippen LogP contribution in [0.1, 0.15) is 17.3 Å². The van der Waals surface area contributed by atoms with Gasteiger partial charge < -0.3 is 0 Å². The van der Waals surface area contributed by atoms with Crippen LogP contribution in [0.3, 0.4) is 0 Å². The molecule has 0 radical (unpaired) electrons. The molecule has 0 spiro atoms. The Labute approximate surface area is 88.8 Å². The molecule has 1 rings (SSSR count). The van der Waals surface area contributed by atoms with Crippen molar-refractivity contribution in [1.29, 1.82) is 0 Å². The number of alkyl halides is 1. The highest BCUT2D eigenvalue weighted by atomic mass is 79.9. The van der Waals surface area contributed by atoms with Gasteiger partial charge in [0.25, 0.3) is 0 Å². The van der Waals surface area contributed by atoms with Gasteiger partial charge in [-0.3, -0.25) is 0 Å². The van der Waals surface area contributed by atoms with E-state index in [2.05, 4.69) is 15.9 Å². The lowest BCUT2D eigenvalue weighted by Gasteiger charge is -2.09. The minimum absolute atomic E-state index is 0.0480. The molecule has 0 aliphatic heterocycles. The molecule has 0 saturated heterocycles. The fraction of sp³-hybridized carbons (Fsp3) is 0.250. The summed E-state index contributed by atoms with van der Waals surface area (Å²) in [4.78, 5) is -0.0480. The van der Waals surface area contributed by atoms with Crippen molar-refractivity contribution in [3.63, 3.8) is 0 Å². The minimum Gasteiger partial charge on any atom is -0.205 e. The van der Waals surface area contributed by atoms with E-state index in [0.29, 0.717) is 10.6 Å². The number of halogens is 4. The van der Waals surface area contributed by atoms with E-state index in [0.717, 1.165) is 0 Å². The number of hydrogen-bond donors (Lipinski definition) is 0. The van der Waals surface area contributed by atoms with Crippen molar-refractivity contribution in [3.05, 3.63) is 33.6 Å². The van der Waals surface area contributed by atoms with E-state index >= 15 is 0 Å². The first kappa shape index (κ1) is 10.3. The molecule has 66 valence electrons. The largest absolute Gasteiger partial charge is 0.205 e. The van der Waals surface area contributed by atoms with Gasteiger partial charge in [-0.15, -0.1) is 0 Å². The van der Waals surface area contributed by atoms with E-state index in [1.807, 2.05) is 6.92 Å². The van der Waals surface area contributed by atoms with Crippen molar-refractivity contribution in [2.75, 3.05) is 0 Å². The lowest BCUT2D eigenvalue weighted by Crippen LogP contribution is -1.90. The first-order chi connectivity index (χ1) is 5.54. The summed E-state index contributed by atoms with van der Waals surface area (Å²) in [5.74, 6) is -0.442. The Kier molecular flexibility index (Phi) is 3.38. The number of hydrogen-bond acceptors (Lipinski definition) is 0. The zero-order valence-electron chi connectivity index (χ0n) is 6.24. The Hall–Kier alpha value is 0.210. The minimum atomic E-state index is -0.442. The molecule has 0 unspecified atom stereocenters. The molecule has 0 nitrogen and oxygen atoms in total. The molecule has 0 aromatic heterocycles. The molecule has 0 N–H and O–H groups in total. The third-order valence-electron chi connectivity index (χ3n) is 1.48. The molecule has 0 bridgehead atoms. The maximum absolute atomic E-state index is 12.9. The van der Waals surface area contributed by atoms with Crippen LogP contribution in [0.4, 0.5) is 4.39 Å². The van der Waals surface area contributed by atoms with Gasteiger partial charge in [0.05, 0.1) is 5.02 Å². The zero-order chi connectivity index (χ0) is 9.30. The third-order valence-corrected chi connectivity index (χ3v) is 2.65. The van der Waals surface area contributed by atoms with Crippen molar-refractivity contribution < 1.29 is 4.39 Å². The van der Waals surface area contributed by atoms with Crippen LogP contribution in [-0.2, 0) is 0 Å². The summed E-state index contributed by atoms with van der Waals surface area (Å²) in [6, 6.07) is 2.75. The zero-order valence-corrected chi connectivity index (χ0v) is 9.34. The van der Waals surface area contributed by atoms with Gasteiger partial charge in [-0.25, -0.2) is 4.39 Å². The highest BCUT2D eigenvalue weighted by Gasteiger charge is 2.14. The Morgan fingerprint density at radius 3 is 2.42 bits per heavy atom. The van der Waals surface area contributed by atoms with E-state index in [-0.39, 0.29) is 9.85 Å². The van der Waals surface area contributed by atoms with Crippen molar-refractivity contribution in [1.82, 2.24) is 0 Å². The molecule has 1 atom stereocenters. The van der Waals surface area contributed by atoms with Crippen LogP contribution >= 0.6 is 39.1 Å². The first-order valence-corrected chi connectivity index (χ1v) is 4.98. The van der Waals surface area contributed by atoms with Crippen LogP contribution in [-0.4, -0.2) is 0 Å². The van der Waals surface area contributed by atoms with Gasteiger partial charge in [-0.05, 0) is 19.1 Å². The fourth-order valence-electron chi connectivity index (χ4n) is 0.907. The van der Waals surface area contributed by atoms with Crippen molar-refractivity contribution in [2.24, 2.45) is 0 Å². The maximum atomic E-state index is 12.9. The molecule has 0 amide bonds. The normalized spacial score (nSPS) is 13.1. The van der Waals surface area contributed by atoms with Gasteiger partial charge in [0.15, 0.2) is 0 Å². The van der Waals surface area contributed by atoms with Crippen molar-refractivity contribution in [3.8, 4) is 0 Å². The number of benzene rings is 1. The van der Waals surface area contributed by atoms with E-state index in [9.17, 15) is 4.39 Å². The van der Waals surface area contributed by atoms with E-state index in [1.54, 1.807) is 0 Å². The summed E-state index contributed by atoms with van der Waals surface area (Å²) in [5.41, 5.74) is 0.596. The van der Waals surface area contributed by atoms with Gasteiger partial charge in [0.2, 0.25) is 0 Å². The van der Waals surface area contributed by atoms with E-state index < -0.39 is 5.82 Å². The Morgan fingerprint density at radius 1 is 1.42 bits per heavy atom. The Morgan fingerprint density at radius 2 is 2.00 bits per heavy atom. The van der Waals surface area contributed by atoms with Crippen molar-refractivity contribution >= 4 is 39.1 Å². The topological polar surface area (TPSA) is 0 Å². The highest BCUT2D eigenvalue weighted by molar-refractivity contribution is 9.09. The van der Waals surface area contributed by atoms with Crippen LogP contribution in [0.2, 0.25) is 10.0 Å². The summed E-state index contributed by atoms with van der Waals surface area (Å²) in [6.45, 7) is 1.84. The summed E-state index contributed by atoms with van der Waals surface area (Å²) in [7, 11) is 0. The van der Waals surface area contributed by atoms with Gasteiger partial charge in [0.1, 0.15) is 5.82 Å². The molecule has 0 fully saturated rings. The average Bonchev–Trinajstić information content (AvgIpc) is 1.97. The van der Waals surface area contributed by atoms with E-state index in [4.69, 9.17) is 23.2 Å². The Bertz CT molecular complexity index is 299. The van der Waals surface area contributed by atoms with Gasteiger partial charge in [0, 0.05) is 15.4 Å². The van der Waals surface area contributed by atoms with Gasteiger partial charge in [-0.1, -0.05) is 39.1 Å². The predicted octanol–water partition coefficient (Wildman–Crippen LogP) is 4.59. The van der Waals surface area contributed by atoms with Crippen LogP contribution in [0.15, 0.2) is 12.1 Å². The molecule has 0 aliphatic carbocycles. The van der Waals surface area contributed by atoms with Crippen LogP contribution in [0.25, 0.3) is 0 Å². The third kappa shape index (κ3) is 1.93. The van der Waals surface area contributed by atoms with Crippen molar-refractivity contribution in [2.45, 2.75) is 11.8 Å². The SMILES string of the molecule is C[C@H](Br)c1c(Cl)ccc(F)c1Cl. The average molecular weight is 272 g/mol. The lowest BCUT2D eigenvalue weighted by atomic mass is 10.1. The standard InChI is InChI=1S/C8H6BrCl2F/c1-4(9)7-5(10)2-3-6(12)8(7)11/h2-4H,1H3/t4-/m0/s1. The molecule has 1 aromatic carbocycles. The van der Waals surface area contributed by atoms with Gasteiger partial charge in [-0.2, -0.15) is 0 Å². The quantitative estimate of drug-likeness (QED) is 0.518. The molecular formula is C8H6BrCl2F. The lowest BCUT2D eigenvalue weighted by molar-refractivity contribution is 0.626. The second-order valence-corrected chi connectivity index (χ2v) is 4.53. The monoisotopic (exact) mass is 270 g/mol. The first-order valence-electron chi connectivity index (χ1n) is 3.31. The van der Waals surface area contributed by atoms with Gasteiger partial charge >= 0.3 is 0 Å². The fourth-order valence-corrected chi connectivity index (χ4v) is 2.34. The van der Waals surface area contributed by atoms with Crippen LogP contribution < -0.4 is 0 Å². The molecule has 0 heterocycles. The van der Waals surface area contributed by atoms with E-state index in [1.165, 1.54) is 12.1 Å². The molecule has 12 heavy (non-hydrogen) atoms. The highest BCUT2D eigenvalue weighted by Crippen LogP contribution is 2.36. The summed E-state index contributed by atoms with van der Waals surface area (Å²) in [5, 5.41) is 0.567. The maximum Gasteiger partial charge on any atom is 0.142 e.